The summed E-state index contributed by atoms with van der Waals surface area (Å²) in [5.74, 6) is 0.0511. The lowest BCUT2D eigenvalue weighted by Gasteiger charge is -2.32. The predicted molar refractivity (Wildman–Crippen MR) is 104 cm³/mol. The number of para-hydroxylation sites is 1. The summed E-state index contributed by atoms with van der Waals surface area (Å²) in [6.07, 6.45) is 4.85. The molecule has 1 aromatic carbocycles. The molecule has 0 aliphatic carbocycles. The molecule has 1 fully saturated rings. The van der Waals surface area contributed by atoms with E-state index >= 15 is 0 Å². The monoisotopic (exact) mass is 390 g/mol. The molecular formula is C19H26N4O3S. The third-order valence-corrected chi connectivity index (χ3v) is 6.90. The first kappa shape index (κ1) is 19.6. The topological polar surface area (TPSA) is 75.5 Å². The SMILES string of the molecule is CCS(=O)(=O)N1CCC(C(=O)N(C)Cc2cnn(-c3ccccc3)c2)CC1. The fourth-order valence-electron chi connectivity index (χ4n) is 3.39. The molecule has 1 amide bonds. The Morgan fingerprint density at radius 1 is 1.22 bits per heavy atom. The van der Waals surface area contributed by atoms with Crippen molar-refractivity contribution >= 4 is 15.9 Å². The zero-order valence-electron chi connectivity index (χ0n) is 15.8. The number of sulfonamides is 1. The predicted octanol–water partition coefficient (Wildman–Crippen LogP) is 1.89. The van der Waals surface area contributed by atoms with Crippen LogP contribution in [0.3, 0.4) is 0 Å². The number of rotatable bonds is 6. The van der Waals surface area contributed by atoms with E-state index in [9.17, 15) is 13.2 Å². The number of benzene rings is 1. The summed E-state index contributed by atoms with van der Waals surface area (Å²) in [7, 11) is -1.38. The number of carbonyl (C=O) groups excluding carboxylic acids is 1. The number of hydrogen-bond donors (Lipinski definition) is 0. The minimum Gasteiger partial charge on any atom is -0.341 e. The Hall–Kier alpha value is -2.19. The van der Waals surface area contributed by atoms with E-state index in [0.717, 1.165) is 11.3 Å². The lowest BCUT2D eigenvalue weighted by atomic mass is 9.96. The first-order chi connectivity index (χ1) is 12.9. The van der Waals surface area contributed by atoms with Crippen molar-refractivity contribution in [1.29, 1.82) is 0 Å². The van der Waals surface area contributed by atoms with Crippen molar-refractivity contribution in [2.24, 2.45) is 5.92 Å². The molecule has 27 heavy (non-hydrogen) atoms. The average Bonchev–Trinajstić information content (AvgIpc) is 3.16. The summed E-state index contributed by atoms with van der Waals surface area (Å²) < 4.78 is 27.2. The summed E-state index contributed by atoms with van der Waals surface area (Å²) in [4.78, 5) is 14.4. The van der Waals surface area contributed by atoms with E-state index in [1.54, 1.807) is 29.7 Å². The van der Waals surface area contributed by atoms with Gasteiger partial charge in [0.05, 0.1) is 17.6 Å². The van der Waals surface area contributed by atoms with Gasteiger partial charge in [-0.05, 0) is 31.9 Å². The first-order valence-corrected chi connectivity index (χ1v) is 10.8. The minimum atomic E-state index is -3.17. The molecule has 0 bridgehead atoms. The van der Waals surface area contributed by atoms with Crippen LogP contribution in [0, 0.1) is 5.92 Å². The van der Waals surface area contributed by atoms with Gasteiger partial charge in [-0.25, -0.2) is 17.4 Å². The van der Waals surface area contributed by atoms with Crippen LogP contribution in [0.4, 0.5) is 0 Å². The number of carbonyl (C=O) groups is 1. The molecule has 3 rings (SSSR count). The van der Waals surface area contributed by atoms with E-state index in [-0.39, 0.29) is 17.6 Å². The van der Waals surface area contributed by atoms with E-state index < -0.39 is 10.0 Å². The van der Waals surface area contributed by atoms with E-state index in [1.807, 2.05) is 36.5 Å². The van der Waals surface area contributed by atoms with Gasteiger partial charge in [-0.3, -0.25) is 4.79 Å². The molecule has 0 spiro atoms. The minimum absolute atomic E-state index is 0.0657. The molecule has 0 unspecified atom stereocenters. The van der Waals surface area contributed by atoms with Crippen molar-refractivity contribution in [3.63, 3.8) is 0 Å². The molecule has 2 heterocycles. The molecule has 1 aromatic heterocycles. The van der Waals surface area contributed by atoms with Gasteiger partial charge in [0.2, 0.25) is 15.9 Å². The Morgan fingerprint density at radius 3 is 2.52 bits per heavy atom. The van der Waals surface area contributed by atoms with Crippen LogP contribution in [-0.4, -0.2) is 59.2 Å². The number of hydrogen-bond acceptors (Lipinski definition) is 4. The Balaban J connectivity index is 1.57. The van der Waals surface area contributed by atoms with Crippen molar-refractivity contribution < 1.29 is 13.2 Å². The van der Waals surface area contributed by atoms with Crippen LogP contribution in [0.5, 0.6) is 0 Å². The summed E-state index contributed by atoms with van der Waals surface area (Å²) in [5, 5.41) is 4.36. The van der Waals surface area contributed by atoms with Gasteiger partial charge < -0.3 is 4.90 Å². The van der Waals surface area contributed by atoms with Crippen LogP contribution in [0.15, 0.2) is 42.7 Å². The van der Waals surface area contributed by atoms with Crippen LogP contribution in [-0.2, 0) is 21.4 Å². The fraction of sp³-hybridized carbons (Fsp3) is 0.474. The number of nitrogens with zero attached hydrogens (tertiary/aromatic N) is 4. The van der Waals surface area contributed by atoms with Gasteiger partial charge in [0, 0.05) is 44.4 Å². The van der Waals surface area contributed by atoms with Crippen LogP contribution in [0.25, 0.3) is 5.69 Å². The molecule has 146 valence electrons. The zero-order chi connectivity index (χ0) is 19.4. The highest BCUT2D eigenvalue weighted by Gasteiger charge is 2.31. The number of aromatic nitrogens is 2. The summed E-state index contributed by atoms with van der Waals surface area (Å²) in [6, 6.07) is 9.82. The third kappa shape index (κ3) is 4.56. The lowest BCUT2D eigenvalue weighted by Crippen LogP contribution is -2.43. The van der Waals surface area contributed by atoms with Gasteiger partial charge in [0.25, 0.3) is 0 Å². The normalized spacial score (nSPS) is 16.4. The van der Waals surface area contributed by atoms with E-state index in [0.29, 0.717) is 32.5 Å². The Morgan fingerprint density at radius 2 is 1.89 bits per heavy atom. The molecule has 1 saturated heterocycles. The molecule has 1 aliphatic rings. The van der Waals surface area contributed by atoms with Gasteiger partial charge in [-0.1, -0.05) is 18.2 Å². The van der Waals surface area contributed by atoms with E-state index in [1.165, 1.54) is 4.31 Å². The molecular weight excluding hydrogens is 364 g/mol. The van der Waals surface area contributed by atoms with Gasteiger partial charge in [-0.15, -0.1) is 0 Å². The van der Waals surface area contributed by atoms with E-state index in [4.69, 9.17) is 0 Å². The van der Waals surface area contributed by atoms with Crippen molar-refractivity contribution in [3.05, 3.63) is 48.3 Å². The average molecular weight is 391 g/mol. The highest BCUT2D eigenvalue weighted by Crippen LogP contribution is 2.22. The fourth-order valence-corrected chi connectivity index (χ4v) is 4.52. The molecule has 2 aromatic rings. The van der Waals surface area contributed by atoms with Gasteiger partial charge in [-0.2, -0.15) is 5.10 Å². The molecule has 0 atom stereocenters. The second-order valence-corrected chi connectivity index (χ2v) is 9.15. The molecule has 0 N–H and O–H groups in total. The van der Waals surface area contributed by atoms with Gasteiger partial charge >= 0.3 is 0 Å². The van der Waals surface area contributed by atoms with Gasteiger partial charge in [0.1, 0.15) is 0 Å². The molecule has 0 saturated carbocycles. The maximum Gasteiger partial charge on any atom is 0.225 e. The molecule has 1 aliphatic heterocycles. The summed E-state index contributed by atoms with van der Waals surface area (Å²) in [5.41, 5.74) is 1.93. The van der Waals surface area contributed by atoms with Crippen LogP contribution < -0.4 is 0 Å². The maximum atomic E-state index is 12.7. The summed E-state index contributed by atoms with van der Waals surface area (Å²) in [6.45, 7) is 2.98. The second kappa shape index (κ2) is 8.22. The number of piperidine rings is 1. The highest BCUT2D eigenvalue weighted by atomic mass is 32.2. The van der Waals surface area contributed by atoms with Crippen LogP contribution >= 0.6 is 0 Å². The standard InChI is InChI=1S/C19H26N4O3S/c1-3-27(25,26)22-11-9-17(10-12-22)19(24)21(2)14-16-13-20-23(15-16)18-7-5-4-6-8-18/h4-8,13,15,17H,3,9-12,14H2,1-2H3. The quantitative estimate of drug-likeness (QED) is 0.755. The van der Waals surface area contributed by atoms with Gasteiger partial charge in [0.15, 0.2) is 0 Å². The second-order valence-electron chi connectivity index (χ2n) is 6.90. The van der Waals surface area contributed by atoms with Crippen molar-refractivity contribution in [1.82, 2.24) is 19.0 Å². The summed E-state index contributed by atoms with van der Waals surface area (Å²) >= 11 is 0. The maximum absolute atomic E-state index is 12.7. The smallest absolute Gasteiger partial charge is 0.225 e. The van der Waals surface area contributed by atoms with E-state index in [2.05, 4.69) is 5.10 Å². The Bertz CT molecular complexity index is 871. The first-order valence-electron chi connectivity index (χ1n) is 9.22. The van der Waals surface area contributed by atoms with Crippen molar-refractivity contribution in [3.8, 4) is 5.69 Å². The lowest BCUT2D eigenvalue weighted by molar-refractivity contribution is -0.135. The molecule has 7 nitrogen and oxygen atoms in total. The zero-order valence-corrected chi connectivity index (χ0v) is 16.6. The Labute approximate surface area is 160 Å². The van der Waals surface area contributed by atoms with Crippen LogP contribution in [0.1, 0.15) is 25.3 Å². The van der Waals surface area contributed by atoms with Crippen molar-refractivity contribution in [2.45, 2.75) is 26.3 Å². The third-order valence-electron chi connectivity index (χ3n) is 5.01. The molecule has 8 heteroatoms. The molecule has 0 radical (unpaired) electrons. The van der Waals surface area contributed by atoms with Crippen molar-refractivity contribution in [2.75, 3.05) is 25.9 Å². The highest BCUT2D eigenvalue weighted by molar-refractivity contribution is 7.89. The Kier molecular flexibility index (Phi) is 5.96. The largest absolute Gasteiger partial charge is 0.341 e. The van der Waals surface area contributed by atoms with Crippen LogP contribution in [0.2, 0.25) is 0 Å². The number of amides is 1.